The van der Waals surface area contributed by atoms with Gasteiger partial charge in [0.05, 0.1) is 23.8 Å². The molecule has 5 rings (SSSR count). The Bertz CT molecular complexity index is 1340. The van der Waals surface area contributed by atoms with Crippen LogP contribution in [0.5, 0.6) is 0 Å². The zero-order valence-corrected chi connectivity index (χ0v) is 22.8. The summed E-state index contributed by atoms with van der Waals surface area (Å²) in [4.78, 5) is 18.7. The second-order valence-corrected chi connectivity index (χ2v) is 11.2. The highest BCUT2D eigenvalue weighted by atomic mass is 19.4. The topological polar surface area (TPSA) is 100 Å². The normalized spacial score (nSPS) is 23.6. The number of hydrogen-bond donors (Lipinski definition) is 3. The van der Waals surface area contributed by atoms with Crippen molar-refractivity contribution >= 4 is 22.5 Å². The van der Waals surface area contributed by atoms with Crippen molar-refractivity contribution in [3.8, 4) is 11.5 Å². The first-order valence-corrected chi connectivity index (χ1v) is 13.6. The Balaban J connectivity index is 1.34. The lowest BCUT2D eigenvalue weighted by molar-refractivity contribution is -0.139. The number of carbonyl (C=O) groups excluding carboxylic acids is 1. The molecule has 1 aliphatic carbocycles. The van der Waals surface area contributed by atoms with Crippen molar-refractivity contribution in [3.63, 3.8) is 0 Å². The van der Waals surface area contributed by atoms with Crippen LogP contribution in [0.4, 0.5) is 23.2 Å². The first-order valence-electron chi connectivity index (χ1n) is 13.6. The van der Waals surface area contributed by atoms with Gasteiger partial charge < -0.3 is 29.9 Å². The molecule has 9 nitrogen and oxygen atoms in total. The number of alkyl halides is 4. The molecule has 4 atom stereocenters. The molecular formula is C27H35F4N7O2. The quantitative estimate of drug-likeness (QED) is 0.320. The van der Waals surface area contributed by atoms with Gasteiger partial charge in [-0.1, -0.05) is 25.1 Å². The smallest absolute Gasteiger partial charge is 0.379 e. The Morgan fingerprint density at radius 1 is 1.27 bits per heavy atom. The molecule has 13 heteroatoms. The summed E-state index contributed by atoms with van der Waals surface area (Å²) in [6.07, 6.45) is -4.25. The lowest BCUT2D eigenvalue weighted by Crippen LogP contribution is -2.46. The molecule has 2 aliphatic rings. The lowest BCUT2D eigenvalue weighted by Gasteiger charge is -2.33. The zero-order chi connectivity index (χ0) is 28.6. The Kier molecular flexibility index (Phi) is 8.05. The van der Waals surface area contributed by atoms with Crippen LogP contribution in [0.15, 0.2) is 28.8 Å². The average molecular weight is 566 g/mol. The fraction of sp³-hybridized carbons (Fsp3) is 0.593. The van der Waals surface area contributed by atoms with E-state index in [9.17, 15) is 22.4 Å². The molecule has 0 unspecified atom stereocenters. The van der Waals surface area contributed by atoms with Gasteiger partial charge in [-0.3, -0.25) is 4.79 Å². The third kappa shape index (κ3) is 6.57. The average Bonchev–Trinajstić information content (AvgIpc) is 3.36. The van der Waals surface area contributed by atoms with Gasteiger partial charge >= 0.3 is 6.18 Å². The van der Waals surface area contributed by atoms with Crippen molar-refractivity contribution in [1.29, 1.82) is 0 Å². The zero-order valence-electron chi connectivity index (χ0n) is 22.8. The number of amides is 1. The van der Waals surface area contributed by atoms with E-state index in [4.69, 9.17) is 4.52 Å². The van der Waals surface area contributed by atoms with Gasteiger partial charge in [0.2, 0.25) is 17.6 Å². The highest BCUT2D eigenvalue weighted by Gasteiger charge is 2.42. The summed E-state index contributed by atoms with van der Waals surface area (Å²) in [5.41, 5.74) is 0.971. The maximum absolute atomic E-state index is 14.7. The SMILES string of the molecule is CC(C)NC[C@H]1C[C@@H]1C(=O)NCc1nc(-c2cc3c(N[C@@H]4CCN(C)C[C@@H]4F)cccc3n2CC(F)(F)F)no1. The van der Waals surface area contributed by atoms with Crippen LogP contribution < -0.4 is 16.0 Å². The lowest BCUT2D eigenvalue weighted by atomic mass is 10.0. The minimum absolute atomic E-state index is 0.0209. The van der Waals surface area contributed by atoms with Gasteiger partial charge in [-0.2, -0.15) is 18.2 Å². The van der Waals surface area contributed by atoms with Crippen LogP contribution in [0, 0.1) is 11.8 Å². The second-order valence-electron chi connectivity index (χ2n) is 11.2. The number of rotatable bonds is 10. The van der Waals surface area contributed by atoms with E-state index in [0.29, 0.717) is 35.6 Å². The van der Waals surface area contributed by atoms with E-state index in [1.54, 1.807) is 24.3 Å². The Morgan fingerprint density at radius 3 is 2.80 bits per heavy atom. The predicted molar refractivity (Wildman–Crippen MR) is 142 cm³/mol. The highest BCUT2D eigenvalue weighted by Crippen LogP contribution is 2.38. The van der Waals surface area contributed by atoms with Crippen molar-refractivity contribution in [2.75, 3.05) is 32.0 Å². The minimum Gasteiger partial charge on any atom is -0.379 e. The molecule has 0 radical (unpaired) electrons. The van der Waals surface area contributed by atoms with Crippen molar-refractivity contribution in [3.05, 3.63) is 30.2 Å². The highest BCUT2D eigenvalue weighted by molar-refractivity contribution is 5.96. The number of halogens is 4. The van der Waals surface area contributed by atoms with E-state index < -0.39 is 24.9 Å². The van der Waals surface area contributed by atoms with Crippen LogP contribution in [0.1, 0.15) is 32.6 Å². The number of benzene rings is 1. The molecule has 1 aromatic carbocycles. The molecule has 218 valence electrons. The Labute approximate surface area is 229 Å². The van der Waals surface area contributed by atoms with Crippen LogP contribution in [0.25, 0.3) is 22.4 Å². The number of hydrogen-bond acceptors (Lipinski definition) is 7. The monoisotopic (exact) mass is 565 g/mol. The van der Waals surface area contributed by atoms with Crippen LogP contribution >= 0.6 is 0 Å². The number of carbonyl (C=O) groups is 1. The molecule has 1 amide bonds. The maximum Gasteiger partial charge on any atom is 0.406 e. The molecule has 2 fully saturated rings. The number of aromatic nitrogens is 3. The van der Waals surface area contributed by atoms with Crippen LogP contribution in [0.2, 0.25) is 0 Å². The number of likely N-dealkylation sites (tertiary alicyclic amines) is 1. The molecule has 1 aliphatic heterocycles. The van der Waals surface area contributed by atoms with Crippen molar-refractivity contribution in [1.82, 2.24) is 30.2 Å². The summed E-state index contributed by atoms with van der Waals surface area (Å²) in [7, 11) is 1.85. The van der Waals surface area contributed by atoms with Gasteiger partial charge in [0.15, 0.2) is 0 Å². The van der Waals surface area contributed by atoms with E-state index in [1.165, 1.54) is 0 Å². The summed E-state index contributed by atoms with van der Waals surface area (Å²) in [6.45, 7) is 4.58. The number of nitrogens with one attached hydrogen (secondary N) is 3. The van der Waals surface area contributed by atoms with Gasteiger partial charge in [0.25, 0.3) is 0 Å². The standard InChI is InChI=1S/C27H35F4N7O2/c1-15(2)32-11-16-9-17(16)26(39)33-12-24-35-25(36-40-24)23-10-18-20(34-21-7-8-37(3)13-19(21)28)5-4-6-22(18)38(23)14-27(29,30)31/h4-6,10,15-17,19,21,32,34H,7-9,11-14H2,1-3H3,(H,33,39)/t16-,17+,19+,21-/m1/s1. The molecule has 3 N–H and O–H groups in total. The van der Waals surface area contributed by atoms with Gasteiger partial charge in [-0.15, -0.1) is 0 Å². The predicted octanol–water partition coefficient (Wildman–Crippen LogP) is 3.96. The van der Waals surface area contributed by atoms with Crippen molar-refractivity contribution < 1.29 is 26.9 Å². The summed E-state index contributed by atoms with van der Waals surface area (Å²) in [5.74, 6) is 0.154. The molecule has 1 saturated carbocycles. The van der Waals surface area contributed by atoms with Crippen molar-refractivity contribution in [2.24, 2.45) is 11.8 Å². The van der Waals surface area contributed by atoms with Crippen LogP contribution in [-0.2, 0) is 17.9 Å². The Morgan fingerprint density at radius 2 is 2.08 bits per heavy atom. The summed E-state index contributed by atoms with van der Waals surface area (Å²) >= 11 is 0. The molecule has 3 aromatic rings. The number of nitrogens with zero attached hydrogens (tertiary/aromatic N) is 4. The Hall–Kier alpha value is -3.19. The van der Waals surface area contributed by atoms with Gasteiger partial charge in [0.1, 0.15) is 12.7 Å². The van der Waals surface area contributed by atoms with E-state index in [1.807, 2.05) is 25.8 Å². The third-order valence-electron chi connectivity index (χ3n) is 7.53. The first kappa shape index (κ1) is 28.3. The van der Waals surface area contributed by atoms with Crippen LogP contribution in [0.3, 0.4) is 0 Å². The molecule has 3 heterocycles. The van der Waals surface area contributed by atoms with Gasteiger partial charge in [-0.05, 0) is 50.6 Å². The first-order chi connectivity index (χ1) is 19.0. The molecule has 0 spiro atoms. The fourth-order valence-corrected chi connectivity index (χ4v) is 5.27. The summed E-state index contributed by atoms with van der Waals surface area (Å²) in [5, 5.41) is 13.7. The number of piperidine rings is 1. The number of fused-ring (bicyclic) bond motifs is 1. The van der Waals surface area contributed by atoms with Crippen molar-refractivity contribution in [2.45, 2.75) is 64.2 Å². The minimum atomic E-state index is -4.51. The van der Waals surface area contributed by atoms with E-state index in [0.717, 1.165) is 17.5 Å². The van der Waals surface area contributed by atoms with E-state index in [2.05, 4.69) is 26.1 Å². The molecule has 1 saturated heterocycles. The maximum atomic E-state index is 14.7. The fourth-order valence-electron chi connectivity index (χ4n) is 5.27. The third-order valence-corrected chi connectivity index (χ3v) is 7.53. The number of anilines is 1. The summed E-state index contributed by atoms with van der Waals surface area (Å²) in [6, 6.07) is 6.41. The molecule has 0 bridgehead atoms. The van der Waals surface area contributed by atoms with E-state index >= 15 is 0 Å². The van der Waals surface area contributed by atoms with E-state index in [-0.39, 0.29) is 48.2 Å². The molecule has 2 aromatic heterocycles. The van der Waals surface area contributed by atoms with Crippen LogP contribution in [-0.4, -0.2) is 76.6 Å². The van der Waals surface area contributed by atoms with Gasteiger partial charge in [0, 0.05) is 36.1 Å². The molecule has 40 heavy (non-hydrogen) atoms. The molecular weight excluding hydrogens is 530 g/mol. The largest absolute Gasteiger partial charge is 0.406 e. The summed E-state index contributed by atoms with van der Waals surface area (Å²) < 4.78 is 62.0. The second kappa shape index (κ2) is 11.4. The van der Waals surface area contributed by atoms with Gasteiger partial charge in [-0.25, -0.2) is 4.39 Å².